The van der Waals surface area contributed by atoms with Crippen LogP contribution in [0.2, 0.25) is 5.02 Å². The maximum absolute atomic E-state index is 12.9. The third-order valence-corrected chi connectivity index (χ3v) is 4.95. The maximum Gasteiger partial charge on any atom is 0.234 e. The zero-order valence-corrected chi connectivity index (χ0v) is 16.1. The number of nitrogens with zero attached hydrogens (tertiary/aromatic N) is 3. The van der Waals surface area contributed by atoms with Crippen LogP contribution in [0.25, 0.3) is 11.4 Å². The second-order valence-corrected chi connectivity index (χ2v) is 6.93. The average molecular weight is 407 g/mol. The number of carbonyl (C=O) groups excluding carboxylic acids is 1. The number of ether oxygens (including phenoxy) is 1. The van der Waals surface area contributed by atoms with Crippen molar-refractivity contribution in [3.63, 3.8) is 0 Å². The molecule has 0 spiro atoms. The number of anilines is 1. The lowest BCUT2D eigenvalue weighted by Crippen LogP contribution is -2.14. The van der Waals surface area contributed by atoms with Gasteiger partial charge >= 0.3 is 0 Å². The maximum atomic E-state index is 12.9. The molecule has 140 valence electrons. The van der Waals surface area contributed by atoms with Crippen molar-refractivity contribution < 1.29 is 13.9 Å². The molecular formula is C18H16ClFN4O2S. The molecule has 1 N–H and O–H groups in total. The van der Waals surface area contributed by atoms with Gasteiger partial charge in [-0.3, -0.25) is 4.79 Å². The number of halogens is 2. The predicted octanol–water partition coefficient (Wildman–Crippen LogP) is 4.01. The predicted molar refractivity (Wildman–Crippen MR) is 104 cm³/mol. The van der Waals surface area contributed by atoms with Crippen LogP contribution >= 0.6 is 23.4 Å². The smallest absolute Gasteiger partial charge is 0.234 e. The number of hydrogen-bond acceptors (Lipinski definition) is 5. The van der Waals surface area contributed by atoms with Gasteiger partial charge in [-0.25, -0.2) is 4.39 Å². The zero-order valence-electron chi connectivity index (χ0n) is 14.6. The number of benzene rings is 2. The van der Waals surface area contributed by atoms with Gasteiger partial charge < -0.3 is 14.6 Å². The number of aromatic nitrogens is 3. The molecule has 3 aromatic rings. The molecule has 1 amide bonds. The topological polar surface area (TPSA) is 69.0 Å². The Morgan fingerprint density at radius 2 is 2.00 bits per heavy atom. The zero-order chi connectivity index (χ0) is 19.4. The van der Waals surface area contributed by atoms with E-state index in [1.807, 2.05) is 0 Å². The highest BCUT2D eigenvalue weighted by atomic mass is 35.5. The molecular weight excluding hydrogens is 391 g/mol. The highest BCUT2D eigenvalue weighted by Gasteiger charge is 2.16. The van der Waals surface area contributed by atoms with Crippen molar-refractivity contribution in [2.24, 2.45) is 7.05 Å². The lowest BCUT2D eigenvalue weighted by Gasteiger charge is -2.09. The normalized spacial score (nSPS) is 10.7. The molecule has 0 atom stereocenters. The van der Waals surface area contributed by atoms with E-state index in [-0.39, 0.29) is 17.5 Å². The Hall–Kier alpha value is -2.58. The number of rotatable bonds is 6. The van der Waals surface area contributed by atoms with Gasteiger partial charge in [-0.2, -0.15) is 0 Å². The van der Waals surface area contributed by atoms with Crippen LogP contribution in [0, 0.1) is 5.82 Å². The van der Waals surface area contributed by atoms with Crippen LogP contribution in [-0.2, 0) is 11.8 Å². The molecule has 0 aliphatic heterocycles. The van der Waals surface area contributed by atoms with Gasteiger partial charge in [0, 0.05) is 17.8 Å². The molecule has 9 heteroatoms. The van der Waals surface area contributed by atoms with Crippen molar-refractivity contribution in [2.45, 2.75) is 5.16 Å². The summed E-state index contributed by atoms with van der Waals surface area (Å²) in [5.74, 6) is 0.758. The monoisotopic (exact) mass is 406 g/mol. The Kier molecular flexibility index (Phi) is 5.98. The van der Waals surface area contributed by atoms with Crippen molar-refractivity contribution in [2.75, 3.05) is 18.2 Å². The highest BCUT2D eigenvalue weighted by molar-refractivity contribution is 7.99. The van der Waals surface area contributed by atoms with Crippen molar-refractivity contribution in [3.05, 3.63) is 53.3 Å². The van der Waals surface area contributed by atoms with Crippen molar-refractivity contribution in [3.8, 4) is 17.1 Å². The van der Waals surface area contributed by atoms with Gasteiger partial charge in [0.15, 0.2) is 11.0 Å². The van der Waals surface area contributed by atoms with E-state index >= 15 is 0 Å². The molecule has 0 unspecified atom stereocenters. The third-order valence-electron chi connectivity index (χ3n) is 3.70. The fraction of sp³-hybridized carbons (Fsp3) is 0.167. The van der Waals surface area contributed by atoms with Gasteiger partial charge in [0.05, 0.1) is 18.4 Å². The van der Waals surface area contributed by atoms with Gasteiger partial charge in [0.1, 0.15) is 11.6 Å². The fourth-order valence-corrected chi connectivity index (χ4v) is 3.27. The standard InChI is InChI=1S/C18H16ClFN4O2S/c1-24-17(14-9-11(19)3-8-15(14)26-2)22-23-18(24)27-10-16(25)21-13-6-4-12(20)5-7-13/h3-9H,10H2,1-2H3,(H,21,25). The van der Waals surface area contributed by atoms with Crippen LogP contribution in [0.5, 0.6) is 5.75 Å². The fourth-order valence-electron chi connectivity index (χ4n) is 2.39. The minimum Gasteiger partial charge on any atom is -0.496 e. The molecule has 0 aliphatic rings. The molecule has 3 rings (SSSR count). The lowest BCUT2D eigenvalue weighted by molar-refractivity contribution is -0.113. The Morgan fingerprint density at radius 1 is 1.26 bits per heavy atom. The van der Waals surface area contributed by atoms with Gasteiger partial charge in [-0.05, 0) is 42.5 Å². The van der Waals surface area contributed by atoms with Crippen LogP contribution in [0.3, 0.4) is 0 Å². The van der Waals surface area contributed by atoms with E-state index in [1.165, 1.54) is 36.0 Å². The Morgan fingerprint density at radius 3 is 2.70 bits per heavy atom. The van der Waals surface area contributed by atoms with Crippen LogP contribution < -0.4 is 10.1 Å². The first kappa shape index (κ1) is 19.2. The van der Waals surface area contributed by atoms with Gasteiger partial charge in [0.2, 0.25) is 5.91 Å². The first-order valence-electron chi connectivity index (χ1n) is 7.89. The number of methoxy groups -OCH3 is 1. The minimum absolute atomic E-state index is 0.135. The van der Waals surface area contributed by atoms with Gasteiger partial charge in [-0.15, -0.1) is 10.2 Å². The van der Waals surface area contributed by atoms with Crippen molar-refractivity contribution in [1.29, 1.82) is 0 Å². The molecule has 6 nitrogen and oxygen atoms in total. The summed E-state index contributed by atoms with van der Waals surface area (Å²) < 4.78 is 20.0. The molecule has 0 fully saturated rings. The molecule has 1 aromatic heterocycles. The van der Waals surface area contributed by atoms with Crippen LogP contribution in [-0.4, -0.2) is 33.5 Å². The molecule has 27 heavy (non-hydrogen) atoms. The molecule has 0 saturated heterocycles. The Bertz CT molecular complexity index is 962. The van der Waals surface area contributed by atoms with Crippen LogP contribution in [0.15, 0.2) is 47.6 Å². The molecule has 0 radical (unpaired) electrons. The summed E-state index contributed by atoms with van der Waals surface area (Å²) in [5, 5.41) is 12.2. The summed E-state index contributed by atoms with van der Waals surface area (Å²) in [6.45, 7) is 0. The summed E-state index contributed by atoms with van der Waals surface area (Å²) in [6.07, 6.45) is 0. The summed E-state index contributed by atoms with van der Waals surface area (Å²) in [5.41, 5.74) is 1.24. The lowest BCUT2D eigenvalue weighted by atomic mass is 10.2. The number of hydrogen-bond donors (Lipinski definition) is 1. The number of carbonyl (C=O) groups is 1. The van der Waals surface area contributed by atoms with E-state index in [0.29, 0.717) is 33.0 Å². The largest absolute Gasteiger partial charge is 0.496 e. The van der Waals surface area contributed by atoms with Crippen LogP contribution in [0.4, 0.5) is 10.1 Å². The Balaban J connectivity index is 1.70. The molecule has 1 heterocycles. The number of amides is 1. The summed E-state index contributed by atoms with van der Waals surface area (Å²) >= 11 is 7.32. The van der Waals surface area contributed by atoms with E-state index in [9.17, 15) is 9.18 Å². The molecule has 0 aliphatic carbocycles. The third kappa shape index (κ3) is 4.58. The van der Waals surface area contributed by atoms with Crippen molar-refractivity contribution >= 4 is 35.0 Å². The first-order valence-corrected chi connectivity index (χ1v) is 9.26. The molecule has 0 saturated carbocycles. The van der Waals surface area contributed by atoms with Gasteiger partial charge in [0.25, 0.3) is 0 Å². The Labute approximate surface area is 164 Å². The van der Waals surface area contributed by atoms with E-state index in [0.717, 1.165) is 0 Å². The summed E-state index contributed by atoms with van der Waals surface area (Å²) in [4.78, 5) is 12.1. The SMILES string of the molecule is COc1ccc(Cl)cc1-c1nnc(SCC(=O)Nc2ccc(F)cc2)n1C. The van der Waals surface area contributed by atoms with E-state index in [4.69, 9.17) is 16.3 Å². The molecule has 0 bridgehead atoms. The van der Waals surface area contributed by atoms with Gasteiger partial charge in [-0.1, -0.05) is 23.4 Å². The summed E-state index contributed by atoms with van der Waals surface area (Å²) in [7, 11) is 3.37. The minimum atomic E-state index is -0.356. The summed E-state index contributed by atoms with van der Waals surface area (Å²) in [6, 6.07) is 10.8. The van der Waals surface area contributed by atoms with Crippen molar-refractivity contribution in [1.82, 2.24) is 14.8 Å². The average Bonchev–Trinajstić information content (AvgIpc) is 3.02. The van der Waals surface area contributed by atoms with E-state index in [2.05, 4.69) is 15.5 Å². The number of thioether (sulfide) groups is 1. The second kappa shape index (κ2) is 8.41. The first-order chi connectivity index (χ1) is 13.0. The van der Waals surface area contributed by atoms with E-state index < -0.39 is 0 Å². The highest BCUT2D eigenvalue weighted by Crippen LogP contribution is 2.32. The van der Waals surface area contributed by atoms with Crippen LogP contribution in [0.1, 0.15) is 0 Å². The quantitative estimate of drug-likeness (QED) is 0.626. The second-order valence-electron chi connectivity index (χ2n) is 5.55. The number of nitrogens with one attached hydrogen (secondary N) is 1. The van der Waals surface area contributed by atoms with E-state index in [1.54, 1.807) is 36.9 Å². The molecule has 2 aromatic carbocycles.